The summed E-state index contributed by atoms with van der Waals surface area (Å²) < 4.78 is 6.02. The second kappa shape index (κ2) is 9.48. The van der Waals surface area contributed by atoms with Crippen LogP contribution in [0.4, 0.5) is 5.82 Å². The second-order valence-electron chi connectivity index (χ2n) is 6.91. The highest BCUT2D eigenvalue weighted by Crippen LogP contribution is 2.18. The van der Waals surface area contributed by atoms with Gasteiger partial charge in [0.1, 0.15) is 5.76 Å². The Morgan fingerprint density at radius 3 is 2.56 bits per heavy atom. The molecule has 0 radical (unpaired) electrons. The summed E-state index contributed by atoms with van der Waals surface area (Å²) in [5.41, 5.74) is 3.48. The molecule has 2 aromatic heterocycles. The van der Waals surface area contributed by atoms with Crippen LogP contribution in [0.25, 0.3) is 10.9 Å². The molecule has 9 nitrogen and oxygen atoms in total. The highest BCUT2D eigenvalue weighted by Gasteiger charge is 2.16. The minimum absolute atomic E-state index is 0.0504. The number of thioether (sulfide) groups is 1. The van der Waals surface area contributed by atoms with Gasteiger partial charge in [-0.05, 0) is 24.6 Å². The van der Waals surface area contributed by atoms with Crippen LogP contribution in [-0.4, -0.2) is 32.4 Å². The third kappa shape index (κ3) is 5.03. The zero-order valence-corrected chi connectivity index (χ0v) is 17.9. The summed E-state index contributed by atoms with van der Waals surface area (Å²) in [5.74, 6) is 0.0884. The van der Waals surface area contributed by atoms with Crippen LogP contribution < -0.4 is 16.3 Å². The van der Waals surface area contributed by atoms with Crippen molar-refractivity contribution in [2.24, 2.45) is 0 Å². The largest absolute Gasteiger partial charge is 0.360 e. The Balaban J connectivity index is 1.56. The smallest absolute Gasteiger partial charge is 0.281 e. The van der Waals surface area contributed by atoms with Crippen LogP contribution in [0.1, 0.15) is 11.3 Å². The zero-order valence-electron chi connectivity index (χ0n) is 17.1. The maximum absolute atomic E-state index is 13.0. The summed E-state index contributed by atoms with van der Waals surface area (Å²) in [6, 6.07) is 17.6. The van der Waals surface area contributed by atoms with Gasteiger partial charge in [-0.1, -0.05) is 59.4 Å². The van der Waals surface area contributed by atoms with Gasteiger partial charge in [-0.25, -0.2) is 4.98 Å². The number of hydrogen-bond donors (Lipinski definition) is 2. The van der Waals surface area contributed by atoms with Gasteiger partial charge in [0, 0.05) is 6.07 Å². The SMILES string of the molecule is Cc1cc(NC(=O)CSc2nc3ccccc3c(=O)n2NC(=O)Cc2ccccc2)no1. The van der Waals surface area contributed by atoms with Gasteiger partial charge in [0.25, 0.3) is 5.56 Å². The second-order valence-corrected chi connectivity index (χ2v) is 7.85. The Kier molecular flexibility index (Phi) is 6.31. The fraction of sp³-hybridized carbons (Fsp3) is 0.136. The van der Waals surface area contributed by atoms with Gasteiger partial charge >= 0.3 is 0 Å². The molecular weight excluding hydrogens is 430 g/mol. The number of para-hydroxylation sites is 1. The molecule has 0 aliphatic rings. The van der Waals surface area contributed by atoms with E-state index in [2.05, 4.69) is 20.9 Å². The molecule has 2 N–H and O–H groups in total. The summed E-state index contributed by atoms with van der Waals surface area (Å²) in [4.78, 5) is 42.4. The van der Waals surface area contributed by atoms with Gasteiger partial charge < -0.3 is 9.84 Å². The number of fused-ring (bicyclic) bond motifs is 1. The van der Waals surface area contributed by atoms with Crippen molar-refractivity contribution in [1.82, 2.24) is 14.8 Å². The molecule has 0 saturated carbocycles. The van der Waals surface area contributed by atoms with E-state index in [1.165, 1.54) is 0 Å². The zero-order chi connectivity index (χ0) is 22.5. The molecule has 0 unspecified atom stereocenters. The first-order valence-electron chi connectivity index (χ1n) is 9.71. The summed E-state index contributed by atoms with van der Waals surface area (Å²) >= 11 is 1.03. The number of carbonyl (C=O) groups excluding carboxylic acids is 2. The predicted octanol–water partition coefficient (Wildman–Crippen LogP) is 2.74. The van der Waals surface area contributed by atoms with E-state index in [-0.39, 0.29) is 29.1 Å². The molecule has 2 amide bonds. The van der Waals surface area contributed by atoms with Crippen LogP contribution in [0, 0.1) is 6.92 Å². The molecule has 2 heterocycles. The predicted molar refractivity (Wildman–Crippen MR) is 121 cm³/mol. The number of benzene rings is 2. The number of rotatable bonds is 7. The molecule has 0 fully saturated rings. The lowest BCUT2D eigenvalue weighted by Gasteiger charge is -2.14. The van der Waals surface area contributed by atoms with E-state index in [1.54, 1.807) is 37.3 Å². The quantitative estimate of drug-likeness (QED) is 0.329. The summed E-state index contributed by atoms with van der Waals surface area (Å²) in [7, 11) is 0. The molecule has 4 rings (SSSR count). The monoisotopic (exact) mass is 449 g/mol. The normalized spacial score (nSPS) is 10.8. The first-order chi connectivity index (χ1) is 15.5. The molecular formula is C22H19N5O4S. The third-order valence-electron chi connectivity index (χ3n) is 4.42. The van der Waals surface area contributed by atoms with Crippen LogP contribution in [-0.2, 0) is 16.0 Å². The number of amides is 2. The van der Waals surface area contributed by atoms with Crippen molar-refractivity contribution in [3.8, 4) is 0 Å². The van der Waals surface area contributed by atoms with Crippen molar-refractivity contribution in [3.05, 3.63) is 82.3 Å². The summed E-state index contributed by atoms with van der Waals surface area (Å²) in [6.07, 6.45) is 0.0935. The van der Waals surface area contributed by atoms with E-state index in [0.717, 1.165) is 22.0 Å². The topological polar surface area (TPSA) is 119 Å². The third-order valence-corrected chi connectivity index (χ3v) is 5.36. The number of carbonyl (C=O) groups is 2. The maximum atomic E-state index is 13.0. The Hall–Kier alpha value is -3.92. The van der Waals surface area contributed by atoms with Crippen molar-refractivity contribution < 1.29 is 14.1 Å². The minimum atomic E-state index is -0.424. The number of hydrogen-bond acceptors (Lipinski definition) is 7. The van der Waals surface area contributed by atoms with Gasteiger partial charge in [0.15, 0.2) is 11.0 Å². The molecule has 162 valence electrons. The summed E-state index contributed by atoms with van der Waals surface area (Å²) in [5, 5.41) is 6.89. The summed E-state index contributed by atoms with van der Waals surface area (Å²) in [6.45, 7) is 1.72. The number of anilines is 1. The Bertz CT molecular complexity index is 1330. The average Bonchev–Trinajstić information content (AvgIpc) is 3.19. The number of aromatic nitrogens is 3. The van der Waals surface area contributed by atoms with Crippen molar-refractivity contribution in [1.29, 1.82) is 0 Å². The molecule has 0 aliphatic carbocycles. The van der Waals surface area contributed by atoms with Crippen molar-refractivity contribution in [2.45, 2.75) is 18.5 Å². The van der Waals surface area contributed by atoms with Gasteiger partial charge in [0.2, 0.25) is 11.8 Å². The molecule has 0 saturated heterocycles. The van der Waals surface area contributed by atoms with Crippen LogP contribution in [0.3, 0.4) is 0 Å². The Labute approximate surface area is 186 Å². The van der Waals surface area contributed by atoms with Crippen LogP contribution in [0.2, 0.25) is 0 Å². The highest BCUT2D eigenvalue weighted by atomic mass is 32.2. The van der Waals surface area contributed by atoms with E-state index >= 15 is 0 Å². The molecule has 0 aliphatic heterocycles. The van der Waals surface area contributed by atoms with Crippen molar-refractivity contribution >= 4 is 40.3 Å². The lowest BCUT2D eigenvalue weighted by atomic mass is 10.1. The van der Waals surface area contributed by atoms with E-state index < -0.39 is 5.56 Å². The number of aryl methyl sites for hydroxylation is 1. The van der Waals surface area contributed by atoms with Crippen LogP contribution >= 0.6 is 11.8 Å². The van der Waals surface area contributed by atoms with E-state index in [0.29, 0.717) is 22.5 Å². The van der Waals surface area contributed by atoms with Gasteiger partial charge in [-0.2, -0.15) is 4.68 Å². The van der Waals surface area contributed by atoms with Crippen LogP contribution in [0.15, 0.2) is 75.1 Å². The Morgan fingerprint density at radius 2 is 1.81 bits per heavy atom. The van der Waals surface area contributed by atoms with E-state index in [4.69, 9.17) is 4.52 Å². The molecule has 0 spiro atoms. The van der Waals surface area contributed by atoms with Gasteiger partial charge in [-0.15, -0.1) is 0 Å². The molecule has 0 bridgehead atoms. The van der Waals surface area contributed by atoms with E-state index in [9.17, 15) is 14.4 Å². The number of nitrogens with one attached hydrogen (secondary N) is 2. The average molecular weight is 449 g/mol. The molecule has 4 aromatic rings. The van der Waals surface area contributed by atoms with Crippen LogP contribution in [0.5, 0.6) is 0 Å². The Morgan fingerprint density at radius 1 is 1.06 bits per heavy atom. The standard InChI is InChI=1S/C22H19N5O4S/c1-14-11-18(26-31-14)24-20(29)13-32-22-23-17-10-6-5-9-16(17)21(30)27(22)25-19(28)12-15-7-3-2-4-8-15/h2-11H,12-13H2,1H3,(H,25,28)(H,24,26,29). The minimum Gasteiger partial charge on any atom is -0.360 e. The van der Waals surface area contributed by atoms with Gasteiger partial charge in [-0.3, -0.25) is 19.8 Å². The van der Waals surface area contributed by atoms with Crippen molar-refractivity contribution in [3.63, 3.8) is 0 Å². The van der Waals surface area contributed by atoms with Gasteiger partial charge in [0.05, 0.1) is 23.1 Å². The fourth-order valence-electron chi connectivity index (χ4n) is 2.99. The molecule has 32 heavy (non-hydrogen) atoms. The lowest BCUT2D eigenvalue weighted by molar-refractivity contribution is -0.116. The number of nitrogens with zero attached hydrogens (tertiary/aromatic N) is 3. The molecule has 2 aromatic carbocycles. The highest BCUT2D eigenvalue weighted by molar-refractivity contribution is 7.99. The first kappa shape index (κ1) is 21.3. The first-order valence-corrected chi connectivity index (χ1v) is 10.7. The molecule has 0 atom stereocenters. The van der Waals surface area contributed by atoms with Crippen molar-refractivity contribution in [2.75, 3.05) is 16.5 Å². The lowest BCUT2D eigenvalue weighted by Crippen LogP contribution is -2.36. The fourth-order valence-corrected chi connectivity index (χ4v) is 3.74. The van der Waals surface area contributed by atoms with E-state index in [1.807, 2.05) is 30.3 Å². The molecule has 10 heteroatoms. The maximum Gasteiger partial charge on any atom is 0.281 e.